The largest absolute Gasteiger partial charge is 0.383 e. The zero-order valence-electron chi connectivity index (χ0n) is 22.8. The molecular formula is C33H28N4O4S. The number of nitrogen functional groups attached to an aromatic ring is 1. The van der Waals surface area contributed by atoms with Crippen LogP contribution in [-0.2, 0) is 27.6 Å². The molecule has 0 bridgehead atoms. The van der Waals surface area contributed by atoms with Gasteiger partial charge in [0, 0.05) is 47.6 Å². The molecule has 8 nitrogen and oxygen atoms in total. The average molecular weight is 577 g/mol. The van der Waals surface area contributed by atoms with Gasteiger partial charge in [-0.05, 0) is 58.5 Å². The van der Waals surface area contributed by atoms with Crippen LogP contribution in [0, 0.1) is 0 Å². The third-order valence-electron chi connectivity index (χ3n) is 7.61. The van der Waals surface area contributed by atoms with Crippen molar-refractivity contribution in [3.63, 3.8) is 0 Å². The van der Waals surface area contributed by atoms with Crippen LogP contribution in [0.5, 0.6) is 0 Å². The number of sulfone groups is 1. The summed E-state index contributed by atoms with van der Waals surface area (Å²) >= 11 is 0. The van der Waals surface area contributed by atoms with Crippen molar-refractivity contribution in [2.75, 3.05) is 17.3 Å². The first kappa shape index (κ1) is 27.2. The minimum absolute atomic E-state index is 0.239. The summed E-state index contributed by atoms with van der Waals surface area (Å²) in [5, 5.41) is 4.51. The first-order chi connectivity index (χ1) is 20.2. The number of amides is 2. The van der Waals surface area contributed by atoms with Crippen molar-refractivity contribution in [1.82, 2.24) is 9.88 Å². The molecule has 9 heteroatoms. The molecule has 2 amide bonds. The number of carbonyl (C=O) groups excluding carboxylic acids is 2. The maximum atomic E-state index is 13.9. The van der Waals surface area contributed by atoms with E-state index >= 15 is 0 Å². The summed E-state index contributed by atoms with van der Waals surface area (Å²) in [6.07, 6.45) is 3.17. The summed E-state index contributed by atoms with van der Waals surface area (Å²) in [5.41, 5.74) is 10.3. The molecular weight excluding hydrogens is 548 g/mol. The normalized spacial score (nSPS) is 14.8. The molecule has 0 fully saturated rings. The maximum absolute atomic E-state index is 13.9. The zero-order chi connectivity index (χ0) is 29.4. The van der Waals surface area contributed by atoms with Gasteiger partial charge in [0.1, 0.15) is 11.9 Å². The van der Waals surface area contributed by atoms with Crippen LogP contribution in [-0.4, -0.2) is 42.4 Å². The summed E-state index contributed by atoms with van der Waals surface area (Å²) in [6, 6.07) is 28.0. The van der Waals surface area contributed by atoms with E-state index in [1.54, 1.807) is 71.8 Å². The number of carbonyl (C=O) groups is 2. The van der Waals surface area contributed by atoms with Crippen LogP contribution in [0.2, 0.25) is 0 Å². The quantitative estimate of drug-likeness (QED) is 0.300. The molecule has 0 saturated carbocycles. The molecule has 2 heterocycles. The summed E-state index contributed by atoms with van der Waals surface area (Å²) in [7, 11) is -3.42. The van der Waals surface area contributed by atoms with Crippen molar-refractivity contribution < 1.29 is 18.0 Å². The summed E-state index contributed by atoms with van der Waals surface area (Å²) in [5.74, 6) is -0.255. The van der Waals surface area contributed by atoms with Gasteiger partial charge >= 0.3 is 0 Å². The number of nitrogens with zero attached hydrogens (tertiary/aromatic N) is 2. The minimum atomic E-state index is -3.42. The van der Waals surface area contributed by atoms with E-state index in [1.165, 1.54) is 6.26 Å². The molecule has 3 N–H and O–H groups in total. The standard InChI is InChI=1S/C33H28N4O4S/c1-42(40,41)30-9-5-4-8-27(30)21-12-14-26(15-13-21)36-32(38)29-19-23-6-2-3-7-25(23)20-37(29)33(39)24-11-10-22-16-17-35-31(34)28(22)18-24/h2-18,29H,19-20H2,1H3,(H2,34,35)(H,36,38). The number of anilines is 2. The zero-order valence-corrected chi connectivity index (χ0v) is 23.6. The van der Waals surface area contributed by atoms with Crippen molar-refractivity contribution in [2.45, 2.75) is 23.9 Å². The predicted octanol–water partition coefficient (Wildman–Crippen LogP) is 5.09. The van der Waals surface area contributed by atoms with E-state index in [2.05, 4.69) is 10.3 Å². The van der Waals surface area contributed by atoms with Crippen LogP contribution in [0.3, 0.4) is 0 Å². The molecule has 42 heavy (non-hydrogen) atoms. The smallest absolute Gasteiger partial charge is 0.254 e. The Balaban J connectivity index is 1.29. The average Bonchev–Trinajstić information content (AvgIpc) is 3.00. The van der Waals surface area contributed by atoms with E-state index in [0.29, 0.717) is 40.0 Å². The number of nitrogens with two attached hydrogens (primary N) is 1. The van der Waals surface area contributed by atoms with Gasteiger partial charge in [0.05, 0.1) is 4.90 Å². The van der Waals surface area contributed by atoms with Gasteiger partial charge in [-0.2, -0.15) is 0 Å². The maximum Gasteiger partial charge on any atom is 0.254 e. The van der Waals surface area contributed by atoms with Crippen molar-refractivity contribution in [1.29, 1.82) is 0 Å². The first-order valence-corrected chi connectivity index (χ1v) is 15.3. The van der Waals surface area contributed by atoms with E-state index in [0.717, 1.165) is 16.5 Å². The van der Waals surface area contributed by atoms with Crippen LogP contribution in [0.15, 0.2) is 108 Å². The number of hydrogen-bond acceptors (Lipinski definition) is 6. The summed E-state index contributed by atoms with van der Waals surface area (Å²) < 4.78 is 24.5. The van der Waals surface area contributed by atoms with Crippen LogP contribution in [0.25, 0.3) is 21.9 Å². The molecule has 1 unspecified atom stereocenters. The van der Waals surface area contributed by atoms with Crippen molar-refractivity contribution in [3.05, 3.63) is 120 Å². The Morgan fingerprint density at radius 2 is 1.62 bits per heavy atom. The molecule has 6 rings (SSSR count). The Labute approximate surface area is 243 Å². The number of benzene rings is 4. The molecule has 5 aromatic rings. The molecule has 0 spiro atoms. The number of nitrogens with one attached hydrogen (secondary N) is 1. The van der Waals surface area contributed by atoms with E-state index in [1.807, 2.05) is 36.4 Å². The Morgan fingerprint density at radius 1 is 0.905 bits per heavy atom. The number of hydrogen-bond donors (Lipinski definition) is 2. The third-order valence-corrected chi connectivity index (χ3v) is 8.76. The topological polar surface area (TPSA) is 122 Å². The summed E-state index contributed by atoms with van der Waals surface area (Å²) in [4.78, 5) is 33.6. The lowest BCUT2D eigenvalue weighted by Gasteiger charge is -2.36. The van der Waals surface area contributed by atoms with Crippen LogP contribution < -0.4 is 11.1 Å². The lowest BCUT2D eigenvalue weighted by molar-refractivity contribution is -0.121. The molecule has 0 saturated heterocycles. The van der Waals surface area contributed by atoms with Crippen LogP contribution in [0.1, 0.15) is 21.5 Å². The van der Waals surface area contributed by atoms with Gasteiger partial charge in [-0.25, -0.2) is 13.4 Å². The SMILES string of the molecule is CS(=O)(=O)c1ccccc1-c1ccc(NC(=O)C2Cc3ccccc3CN2C(=O)c2ccc3ccnc(N)c3c2)cc1. The molecule has 1 aliphatic heterocycles. The van der Waals surface area contributed by atoms with Gasteiger partial charge in [-0.3, -0.25) is 9.59 Å². The number of fused-ring (bicyclic) bond motifs is 2. The molecule has 4 aromatic carbocycles. The first-order valence-electron chi connectivity index (χ1n) is 13.4. The minimum Gasteiger partial charge on any atom is -0.383 e. The Morgan fingerprint density at radius 3 is 2.38 bits per heavy atom. The van der Waals surface area contributed by atoms with Gasteiger partial charge in [0.25, 0.3) is 5.91 Å². The lowest BCUT2D eigenvalue weighted by atomic mass is 9.92. The molecule has 0 aliphatic carbocycles. The van der Waals surface area contributed by atoms with Gasteiger partial charge in [-0.15, -0.1) is 0 Å². The van der Waals surface area contributed by atoms with Gasteiger partial charge in [-0.1, -0.05) is 60.7 Å². The molecule has 1 atom stereocenters. The van der Waals surface area contributed by atoms with Crippen molar-refractivity contribution >= 4 is 43.9 Å². The van der Waals surface area contributed by atoms with Gasteiger partial charge in [0.15, 0.2) is 9.84 Å². The molecule has 0 radical (unpaired) electrons. The van der Waals surface area contributed by atoms with Gasteiger partial charge < -0.3 is 16.0 Å². The molecule has 1 aromatic heterocycles. The fourth-order valence-electron chi connectivity index (χ4n) is 5.45. The highest BCUT2D eigenvalue weighted by Gasteiger charge is 2.35. The highest BCUT2D eigenvalue weighted by Crippen LogP contribution is 2.30. The number of aromatic nitrogens is 1. The highest BCUT2D eigenvalue weighted by atomic mass is 32.2. The van der Waals surface area contributed by atoms with Gasteiger partial charge in [0.2, 0.25) is 5.91 Å². The second-order valence-corrected chi connectivity index (χ2v) is 12.4. The number of rotatable bonds is 5. The lowest BCUT2D eigenvalue weighted by Crippen LogP contribution is -2.50. The predicted molar refractivity (Wildman–Crippen MR) is 164 cm³/mol. The Bertz CT molecular complexity index is 1960. The van der Waals surface area contributed by atoms with E-state index in [4.69, 9.17) is 5.73 Å². The van der Waals surface area contributed by atoms with E-state index in [9.17, 15) is 18.0 Å². The Kier molecular flexibility index (Phi) is 6.96. The second-order valence-electron chi connectivity index (χ2n) is 10.4. The molecule has 1 aliphatic rings. The fraction of sp³-hybridized carbons (Fsp3) is 0.121. The monoisotopic (exact) mass is 576 g/mol. The van der Waals surface area contributed by atoms with E-state index < -0.39 is 15.9 Å². The Hall–Kier alpha value is -5.02. The number of pyridine rings is 1. The highest BCUT2D eigenvalue weighted by molar-refractivity contribution is 7.90. The van der Waals surface area contributed by atoms with Crippen LogP contribution >= 0.6 is 0 Å². The second kappa shape index (κ2) is 10.8. The van der Waals surface area contributed by atoms with Crippen molar-refractivity contribution in [3.8, 4) is 11.1 Å². The van der Waals surface area contributed by atoms with Crippen molar-refractivity contribution in [2.24, 2.45) is 0 Å². The summed E-state index contributed by atoms with van der Waals surface area (Å²) in [6.45, 7) is 0.287. The molecule has 210 valence electrons. The van der Waals surface area contributed by atoms with E-state index in [-0.39, 0.29) is 23.3 Å². The third kappa shape index (κ3) is 5.22. The van der Waals surface area contributed by atoms with Crippen LogP contribution in [0.4, 0.5) is 11.5 Å². The fourth-order valence-corrected chi connectivity index (χ4v) is 6.36.